The minimum atomic E-state index is -1.08. The maximum Gasteiger partial charge on any atom is 0.133 e. The third kappa shape index (κ3) is 4.57. The van der Waals surface area contributed by atoms with Gasteiger partial charge in [0.1, 0.15) is 5.60 Å². The summed E-state index contributed by atoms with van der Waals surface area (Å²) in [7, 11) is 2.10. The number of likely N-dealkylation sites (N-methyl/N-ethyl adjacent to an activating group) is 1. The molecule has 2 aromatic carbocycles. The van der Waals surface area contributed by atoms with Crippen LogP contribution in [0.1, 0.15) is 23.2 Å². The Morgan fingerprint density at radius 1 is 0.846 bits per heavy atom. The Morgan fingerprint density at radius 3 is 2.15 bits per heavy atom. The number of nitrogens with zero attached hydrogens (tertiary/aromatic N) is 2. The van der Waals surface area contributed by atoms with Gasteiger partial charge in [0.2, 0.25) is 0 Å². The predicted octanol–water partition coefficient (Wildman–Crippen LogP) is 3.88. The van der Waals surface area contributed by atoms with Crippen LogP contribution >= 0.6 is 0 Å². The second kappa shape index (κ2) is 8.75. The van der Waals surface area contributed by atoms with Crippen molar-refractivity contribution in [3.63, 3.8) is 0 Å². The smallest absolute Gasteiger partial charge is 0.133 e. The van der Waals surface area contributed by atoms with E-state index in [4.69, 9.17) is 0 Å². The molecule has 0 aliphatic rings. The number of rotatable bonds is 8. The van der Waals surface area contributed by atoms with Crippen LogP contribution in [0.25, 0.3) is 0 Å². The van der Waals surface area contributed by atoms with Crippen molar-refractivity contribution in [2.45, 2.75) is 18.4 Å². The van der Waals surface area contributed by atoms with E-state index in [0.29, 0.717) is 12.1 Å². The lowest BCUT2D eigenvalue weighted by molar-refractivity contribution is 0.0563. The van der Waals surface area contributed by atoms with Gasteiger partial charge < -0.3 is 10.0 Å². The molecule has 0 aliphatic carbocycles. The van der Waals surface area contributed by atoms with Crippen molar-refractivity contribution in [3.8, 4) is 0 Å². The van der Waals surface area contributed by atoms with Crippen LogP contribution in [0, 0.1) is 0 Å². The van der Waals surface area contributed by atoms with Gasteiger partial charge >= 0.3 is 0 Å². The molecule has 0 bridgehead atoms. The van der Waals surface area contributed by atoms with Crippen LogP contribution in [0.2, 0.25) is 0 Å². The number of aliphatic hydroxyl groups is 1. The number of hydrogen-bond acceptors (Lipinski definition) is 3. The highest BCUT2D eigenvalue weighted by Crippen LogP contribution is 2.31. The van der Waals surface area contributed by atoms with Crippen LogP contribution < -0.4 is 0 Å². The Balaban J connectivity index is 1.69. The molecule has 1 unspecified atom stereocenters. The highest BCUT2D eigenvalue weighted by Gasteiger charge is 2.32. The van der Waals surface area contributed by atoms with Crippen molar-refractivity contribution >= 4 is 0 Å². The maximum absolute atomic E-state index is 11.5. The van der Waals surface area contributed by atoms with Gasteiger partial charge in [0, 0.05) is 19.3 Å². The van der Waals surface area contributed by atoms with Crippen LogP contribution in [0.4, 0.5) is 0 Å². The molecule has 1 aromatic heterocycles. The molecule has 0 radical (unpaired) electrons. The van der Waals surface area contributed by atoms with Gasteiger partial charge in [-0.25, -0.2) is 0 Å². The molecular formula is C23H26N2O. The van der Waals surface area contributed by atoms with E-state index < -0.39 is 5.60 Å². The van der Waals surface area contributed by atoms with Crippen molar-refractivity contribution in [3.05, 3.63) is 102 Å². The monoisotopic (exact) mass is 346 g/mol. The first-order valence-corrected chi connectivity index (χ1v) is 9.10. The highest BCUT2D eigenvalue weighted by atomic mass is 16.3. The molecule has 3 heteroatoms. The van der Waals surface area contributed by atoms with Crippen LogP contribution in [-0.4, -0.2) is 35.1 Å². The van der Waals surface area contributed by atoms with E-state index in [-0.39, 0.29) is 0 Å². The lowest BCUT2D eigenvalue weighted by Gasteiger charge is -2.30. The Kier molecular flexibility index (Phi) is 6.16. The number of pyridine rings is 1. The van der Waals surface area contributed by atoms with Crippen LogP contribution in [0.3, 0.4) is 0 Å². The molecule has 1 N–H and O–H groups in total. The first-order valence-electron chi connectivity index (χ1n) is 9.10. The van der Waals surface area contributed by atoms with Crippen molar-refractivity contribution in [2.75, 3.05) is 20.1 Å². The molecular weight excluding hydrogens is 320 g/mol. The van der Waals surface area contributed by atoms with Crippen molar-refractivity contribution in [2.24, 2.45) is 0 Å². The van der Waals surface area contributed by atoms with E-state index in [1.807, 2.05) is 54.6 Å². The van der Waals surface area contributed by atoms with Gasteiger partial charge in [-0.15, -0.1) is 0 Å². The summed E-state index contributed by atoms with van der Waals surface area (Å²) in [4.78, 5) is 6.70. The minimum absolute atomic E-state index is 0.597. The summed E-state index contributed by atoms with van der Waals surface area (Å²) in [6.07, 6.45) is 3.34. The lowest BCUT2D eigenvalue weighted by Crippen LogP contribution is -2.34. The van der Waals surface area contributed by atoms with E-state index >= 15 is 0 Å². The number of hydrogen-bond donors (Lipinski definition) is 1. The standard InChI is InChI=1S/C23H26N2O/c1-25(18-15-20-10-4-2-5-11-20)19-16-23(26,21-12-6-3-7-13-21)22-14-8-9-17-24-22/h2-14,17,26H,15-16,18-19H2,1H3. The van der Waals surface area contributed by atoms with Gasteiger partial charge in [0.05, 0.1) is 5.69 Å². The van der Waals surface area contributed by atoms with E-state index in [1.165, 1.54) is 5.56 Å². The average Bonchev–Trinajstić information content (AvgIpc) is 2.72. The van der Waals surface area contributed by atoms with Crippen LogP contribution in [0.15, 0.2) is 85.1 Å². The molecule has 3 aromatic rings. The summed E-state index contributed by atoms with van der Waals surface area (Å²) in [5.41, 5.74) is 1.84. The summed E-state index contributed by atoms with van der Waals surface area (Å²) in [6.45, 7) is 1.74. The summed E-state index contributed by atoms with van der Waals surface area (Å²) >= 11 is 0. The first-order chi connectivity index (χ1) is 12.7. The van der Waals surface area contributed by atoms with Gasteiger partial charge in [0.25, 0.3) is 0 Å². The quantitative estimate of drug-likeness (QED) is 0.672. The topological polar surface area (TPSA) is 36.4 Å². The SMILES string of the molecule is CN(CCc1ccccc1)CCC(O)(c1ccccc1)c1ccccn1. The molecule has 0 amide bonds. The second-order valence-electron chi connectivity index (χ2n) is 6.73. The van der Waals surface area contributed by atoms with Crippen molar-refractivity contribution in [1.82, 2.24) is 9.88 Å². The molecule has 1 heterocycles. The van der Waals surface area contributed by atoms with Gasteiger partial charge in [-0.2, -0.15) is 0 Å². The van der Waals surface area contributed by atoms with Gasteiger partial charge in [0.15, 0.2) is 0 Å². The maximum atomic E-state index is 11.5. The minimum Gasteiger partial charge on any atom is -0.379 e. The fraction of sp³-hybridized carbons (Fsp3) is 0.261. The number of benzene rings is 2. The summed E-state index contributed by atoms with van der Waals surface area (Å²) in [5.74, 6) is 0. The Morgan fingerprint density at radius 2 is 1.50 bits per heavy atom. The molecule has 0 saturated heterocycles. The Hall–Kier alpha value is -2.49. The molecule has 26 heavy (non-hydrogen) atoms. The second-order valence-corrected chi connectivity index (χ2v) is 6.73. The predicted molar refractivity (Wildman–Crippen MR) is 106 cm³/mol. The molecule has 0 fully saturated rings. The van der Waals surface area contributed by atoms with E-state index in [0.717, 1.165) is 25.1 Å². The highest BCUT2D eigenvalue weighted by molar-refractivity contribution is 5.32. The van der Waals surface area contributed by atoms with Gasteiger partial charge in [-0.3, -0.25) is 4.98 Å². The molecule has 0 saturated carbocycles. The largest absolute Gasteiger partial charge is 0.379 e. The first kappa shape index (κ1) is 18.3. The normalized spacial score (nSPS) is 13.5. The molecule has 134 valence electrons. The van der Waals surface area contributed by atoms with Gasteiger partial charge in [-0.05, 0) is 43.1 Å². The van der Waals surface area contributed by atoms with E-state index in [2.05, 4.69) is 41.2 Å². The van der Waals surface area contributed by atoms with Gasteiger partial charge in [-0.1, -0.05) is 66.7 Å². The zero-order valence-electron chi connectivity index (χ0n) is 15.3. The van der Waals surface area contributed by atoms with Crippen molar-refractivity contribution in [1.29, 1.82) is 0 Å². The third-order valence-electron chi connectivity index (χ3n) is 4.82. The Bertz CT molecular complexity index is 736. The Labute approximate surface area is 156 Å². The average molecular weight is 346 g/mol. The van der Waals surface area contributed by atoms with E-state index in [9.17, 15) is 5.11 Å². The van der Waals surface area contributed by atoms with Crippen molar-refractivity contribution < 1.29 is 5.11 Å². The molecule has 0 spiro atoms. The lowest BCUT2D eigenvalue weighted by atomic mass is 9.86. The zero-order chi connectivity index (χ0) is 18.2. The molecule has 0 aliphatic heterocycles. The molecule has 3 nitrogen and oxygen atoms in total. The number of aromatic nitrogens is 1. The summed E-state index contributed by atoms with van der Waals surface area (Å²) in [6, 6.07) is 26.0. The van der Waals surface area contributed by atoms with E-state index in [1.54, 1.807) is 6.20 Å². The fourth-order valence-electron chi connectivity index (χ4n) is 3.17. The molecule has 3 rings (SSSR count). The summed E-state index contributed by atoms with van der Waals surface area (Å²) in [5, 5.41) is 11.5. The third-order valence-corrected chi connectivity index (χ3v) is 4.82. The molecule has 1 atom stereocenters. The summed E-state index contributed by atoms with van der Waals surface area (Å²) < 4.78 is 0. The zero-order valence-corrected chi connectivity index (χ0v) is 15.3. The van der Waals surface area contributed by atoms with Crippen LogP contribution in [-0.2, 0) is 12.0 Å². The fourth-order valence-corrected chi connectivity index (χ4v) is 3.17. The van der Waals surface area contributed by atoms with Crippen LogP contribution in [0.5, 0.6) is 0 Å².